The van der Waals surface area contributed by atoms with Crippen LogP contribution in [0.25, 0.3) is 11.4 Å². The molecule has 0 saturated carbocycles. The first kappa shape index (κ1) is 14.3. The quantitative estimate of drug-likeness (QED) is 0.858. The third-order valence-electron chi connectivity index (χ3n) is 4.28. The van der Waals surface area contributed by atoms with Crippen molar-refractivity contribution in [2.75, 3.05) is 0 Å². The van der Waals surface area contributed by atoms with Crippen LogP contribution in [0.4, 0.5) is 0 Å². The lowest BCUT2D eigenvalue weighted by molar-refractivity contribution is 0.00578. The van der Waals surface area contributed by atoms with Crippen LogP contribution in [0.1, 0.15) is 33.4 Å². The monoisotopic (exact) mass is 285 g/mol. The summed E-state index contributed by atoms with van der Waals surface area (Å²) in [6, 6.07) is 5.89. The lowest BCUT2D eigenvalue weighted by Gasteiger charge is -2.32. The Morgan fingerprint density at radius 3 is 2.19 bits per heavy atom. The molecule has 1 N–H and O–H groups in total. The topological polar surface area (TPSA) is 60.0 Å². The molecule has 6 heteroatoms. The maximum Gasteiger partial charge on any atom is 0.496 e. The van der Waals surface area contributed by atoms with E-state index in [-0.39, 0.29) is 18.3 Å². The Balaban J connectivity index is 1.83. The molecule has 0 bridgehead atoms. The van der Waals surface area contributed by atoms with Crippen LogP contribution in [0.3, 0.4) is 0 Å². The summed E-state index contributed by atoms with van der Waals surface area (Å²) < 4.78 is 12.0. The fraction of sp³-hybridized carbons (Fsp3) is 0.467. The molecule has 0 aliphatic carbocycles. The normalized spacial score (nSPS) is 20.0. The molecule has 1 fully saturated rings. The summed E-state index contributed by atoms with van der Waals surface area (Å²) in [6.45, 7) is 10.1. The van der Waals surface area contributed by atoms with Crippen molar-refractivity contribution in [2.24, 2.45) is 0 Å². The average molecular weight is 285 g/mol. The van der Waals surface area contributed by atoms with E-state index in [2.05, 4.69) is 15.2 Å². The predicted octanol–water partition coefficient (Wildman–Crippen LogP) is 2.08. The fourth-order valence-corrected chi connectivity index (χ4v) is 2.22. The van der Waals surface area contributed by atoms with E-state index in [1.165, 1.54) is 0 Å². The van der Waals surface area contributed by atoms with Gasteiger partial charge in [-0.1, -0.05) is 6.07 Å². The predicted molar refractivity (Wildman–Crippen MR) is 82.3 cm³/mol. The molecule has 1 aliphatic heterocycles. The van der Waals surface area contributed by atoms with Crippen molar-refractivity contribution in [3.05, 3.63) is 30.1 Å². The first-order chi connectivity index (χ1) is 9.78. The highest BCUT2D eigenvalue weighted by Gasteiger charge is 2.51. The smallest absolute Gasteiger partial charge is 0.399 e. The minimum atomic E-state index is -0.377. The standard InChI is InChI=1S/C15H20BN3O2/c1-10-8-13(19-18-10)12-7-6-11(9-17-12)16-20-14(2,3)15(4,5)21-16/h6-9H,1-5H3,(H,18,19). The summed E-state index contributed by atoms with van der Waals surface area (Å²) in [5.41, 5.74) is 2.93. The molecule has 110 valence electrons. The van der Waals surface area contributed by atoms with Gasteiger partial charge in [0.2, 0.25) is 0 Å². The van der Waals surface area contributed by atoms with Crippen molar-refractivity contribution in [1.29, 1.82) is 0 Å². The summed E-state index contributed by atoms with van der Waals surface area (Å²) in [5.74, 6) is 0. The molecule has 0 radical (unpaired) electrons. The van der Waals surface area contributed by atoms with E-state index >= 15 is 0 Å². The van der Waals surface area contributed by atoms with Crippen LogP contribution in [0.2, 0.25) is 0 Å². The molecule has 0 atom stereocenters. The van der Waals surface area contributed by atoms with Crippen LogP contribution in [-0.2, 0) is 9.31 Å². The van der Waals surface area contributed by atoms with E-state index in [1.807, 2.05) is 52.8 Å². The third kappa shape index (κ3) is 2.49. The van der Waals surface area contributed by atoms with Crippen LogP contribution in [0.15, 0.2) is 24.4 Å². The van der Waals surface area contributed by atoms with Crippen molar-refractivity contribution in [3.63, 3.8) is 0 Å². The first-order valence-electron chi connectivity index (χ1n) is 7.12. The van der Waals surface area contributed by atoms with Gasteiger partial charge in [-0.2, -0.15) is 5.10 Å². The Hall–Kier alpha value is -1.66. The van der Waals surface area contributed by atoms with Crippen LogP contribution in [0, 0.1) is 6.92 Å². The molecule has 0 spiro atoms. The zero-order valence-electron chi connectivity index (χ0n) is 13.1. The Labute approximate surface area is 125 Å². The van der Waals surface area contributed by atoms with E-state index in [0.29, 0.717) is 0 Å². The second kappa shape index (κ2) is 4.68. The SMILES string of the molecule is Cc1cc(-c2ccc(B3OC(C)(C)C(C)(C)O3)cn2)n[nH]1. The molecule has 3 heterocycles. The van der Waals surface area contributed by atoms with E-state index in [9.17, 15) is 0 Å². The van der Waals surface area contributed by atoms with Gasteiger partial charge in [-0.15, -0.1) is 0 Å². The zero-order chi connectivity index (χ0) is 15.3. The number of pyridine rings is 1. The molecule has 1 saturated heterocycles. The lowest BCUT2D eigenvalue weighted by Crippen LogP contribution is -2.41. The highest BCUT2D eigenvalue weighted by atomic mass is 16.7. The number of nitrogens with zero attached hydrogens (tertiary/aromatic N) is 2. The maximum atomic E-state index is 6.02. The number of aromatic nitrogens is 3. The molecular weight excluding hydrogens is 265 g/mol. The van der Waals surface area contributed by atoms with Crippen molar-refractivity contribution < 1.29 is 9.31 Å². The molecule has 3 rings (SSSR count). The van der Waals surface area contributed by atoms with Gasteiger partial charge in [0.05, 0.1) is 16.9 Å². The molecule has 21 heavy (non-hydrogen) atoms. The Bertz CT molecular complexity index is 633. The summed E-state index contributed by atoms with van der Waals surface area (Å²) in [6.07, 6.45) is 1.79. The van der Waals surface area contributed by atoms with Crippen molar-refractivity contribution in [1.82, 2.24) is 15.2 Å². The average Bonchev–Trinajstić information content (AvgIpc) is 2.92. The van der Waals surface area contributed by atoms with Gasteiger partial charge in [-0.25, -0.2) is 0 Å². The van der Waals surface area contributed by atoms with E-state index < -0.39 is 0 Å². The minimum absolute atomic E-state index is 0.338. The lowest BCUT2D eigenvalue weighted by atomic mass is 9.80. The second-order valence-electron chi connectivity index (χ2n) is 6.50. The molecule has 2 aromatic rings. The second-order valence-corrected chi connectivity index (χ2v) is 6.50. The molecule has 5 nitrogen and oxygen atoms in total. The van der Waals surface area contributed by atoms with Gasteiger partial charge in [0, 0.05) is 17.4 Å². The van der Waals surface area contributed by atoms with E-state index in [0.717, 1.165) is 22.5 Å². The first-order valence-corrected chi connectivity index (χ1v) is 7.12. The Morgan fingerprint density at radius 2 is 1.71 bits per heavy atom. The minimum Gasteiger partial charge on any atom is -0.399 e. The van der Waals surface area contributed by atoms with Crippen LogP contribution in [0.5, 0.6) is 0 Å². The fourth-order valence-electron chi connectivity index (χ4n) is 2.22. The van der Waals surface area contributed by atoms with Gasteiger partial charge in [0.1, 0.15) is 5.69 Å². The largest absolute Gasteiger partial charge is 0.496 e. The summed E-state index contributed by atoms with van der Waals surface area (Å²) >= 11 is 0. The van der Waals surface area contributed by atoms with E-state index in [4.69, 9.17) is 9.31 Å². The highest BCUT2D eigenvalue weighted by Crippen LogP contribution is 2.36. The van der Waals surface area contributed by atoms with Gasteiger partial charge in [0.15, 0.2) is 0 Å². The number of aryl methyl sites for hydroxylation is 1. The van der Waals surface area contributed by atoms with Gasteiger partial charge < -0.3 is 9.31 Å². The number of hydrogen-bond donors (Lipinski definition) is 1. The number of H-pyrrole nitrogens is 1. The van der Waals surface area contributed by atoms with Crippen LogP contribution in [-0.4, -0.2) is 33.5 Å². The Kier molecular flexibility index (Phi) is 3.18. The summed E-state index contributed by atoms with van der Waals surface area (Å²) in [4.78, 5) is 4.46. The highest BCUT2D eigenvalue weighted by molar-refractivity contribution is 6.62. The zero-order valence-corrected chi connectivity index (χ0v) is 13.1. The number of aromatic amines is 1. The van der Waals surface area contributed by atoms with Gasteiger partial charge in [-0.05, 0) is 46.8 Å². The summed E-state index contributed by atoms with van der Waals surface area (Å²) in [7, 11) is -0.377. The number of hydrogen-bond acceptors (Lipinski definition) is 4. The number of rotatable bonds is 2. The van der Waals surface area contributed by atoms with Crippen molar-refractivity contribution >= 4 is 12.6 Å². The number of nitrogens with one attached hydrogen (secondary N) is 1. The van der Waals surface area contributed by atoms with Crippen LogP contribution >= 0.6 is 0 Å². The van der Waals surface area contributed by atoms with Gasteiger partial charge in [0.25, 0.3) is 0 Å². The van der Waals surface area contributed by atoms with Crippen LogP contribution < -0.4 is 5.46 Å². The molecule has 2 aromatic heterocycles. The molecule has 0 amide bonds. The summed E-state index contributed by atoms with van der Waals surface area (Å²) in [5, 5.41) is 7.13. The van der Waals surface area contributed by atoms with Gasteiger partial charge in [-0.3, -0.25) is 10.1 Å². The molecule has 1 aliphatic rings. The van der Waals surface area contributed by atoms with Crippen molar-refractivity contribution in [2.45, 2.75) is 45.8 Å². The maximum absolute atomic E-state index is 6.02. The van der Waals surface area contributed by atoms with E-state index in [1.54, 1.807) is 6.20 Å². The third-order valence-corrected chi connectivity index (χ3v) is 4.28. The van der Waals surface area contributed by atoms with Gasteiger partial charge >= 0.3 is 7.12 Å². The molecule has 0 unspecified atom stereocenters. The Morgan fingerprint density at radius 1 is 1.05 bits per heavy atom. The molecule has 0 aromatic carbocycles. The van der Waals surface area contributed by atoms with Crippen molar-refractivity contribution in [3.8, 4) is 11.4 Å². The molecular formula is C15H20BN3O2.